The third kappa shape index (κ3) is 2.35. The summed E-state index contributed by atoms with van der Waals surface area (Å²) in [6.45, 7) is 3.03. The summed E-state index contributed by atoms with van der Waals surface area (Å²) in [5, 5.41) is 8.87. The van der Waals surface area contributed by atoms with Crippen LogP contribution in [0.25, 0.3) is 0 Å². The molecule has 0 bridgehead atoms. The maximum absolute atomic E-state index is 10.8. The van der Waals surface area contributed by atoms with E-state index >= 15 is 0 Å². The molecular formula is C13H17NO2. The van der Waals surface area contributed by atoms with Crippen LogP contribution in [0, 0.1) is 6.92 Å². The molecule has 1 N–H and O–H groups in total. The van der Waals surface area contributed by atoms with Gasteiger partial charge in [0.25, 0.3) is 0 Å². The van der Waals surface area contributed by atoms with Crippen molar-refractivity contribution in [2.75, 3.05) is 11.4 Å². The zero-order valence-corrected chi connectivity index (χ0v) is 9.52. The molecule has 1 aromatic carbocycles. The maximum atomic E-state index is 10.8. The average molecular weight is 219 g/mol. The third-order valence-corrected chi connectivity index (χ3v) is 3.12. The predicted octanol–water partition coefficient (Wildman–Crippen LogP) is 2.44. The van der Waals surface area contributed by atoms with Crippen molar-refractivity contribution in [2.45, 2.75) is 32.2 Å². The van der Waals surface area contributed by atoms with Crippen LogP contribution in [0.15, 0.2) is 24.3 Å². The van der Waals surface area contributed by atoms with Gasteiger partial charge in [0.2, 0.25) is 0 Å². The second-order valence-electron chi connectivity index (χ2n) is 4.43. The van der Waals surface area contributed by atoms with Gasteiger partial charge in [0.15, 0.2) is 0 Å². The number of hydrogen-bond donors (Lipinski definition) is 1. The minimum atomic E-state index is -0.704. The first-order chi connectivity index (χ1) is 7.66. The Labute approximate surface area is 95.7 Å². The highest BCUT2D eigenvalue weighted by Gasteiger charge is 2.26. The van der Waals surface area contributed by atoms with Gasteiger partial charge in [-0.15, -0.1) is 0 Å². The molecule has 0 radical (unpaired) electrons. The van der Waals surface area contributed by atoms with Gasteiger partial charge in [0.05, 0.1) is 6.42 Å². The quantitative estimate of drug-likeness (QED) is 0.848. The molecule has 2 rings (SSSR count). The summed E-state index contributed by atoms with van der Waals surface area (Å²) >= 11 is 0. The summed E-state index contributed by atoms with van der Waals surface area (Å²) in [6.07, 6.45) is 2.32. The van der Waals surface area contributed by atoms with Crippen LogP contribution in [0.5, 0.6) is 0 Å². The molecule has 1 aliphatic rings. The topological polar surface area (TPSA) is 40.5 Å². The molecule has 0 saturated carbocycles. The Morgan fingerprint density at radius 2 is 2.38 bits per heavy atom. The van der Waals surface area contributed by atoms with E-state index in [1.807, 2.05) is 6.07 Å². The Balaban J connectivity index is 2.16. The average Bonchev–Trinajstić information content (AvgIpc) is 2.65. The fourth-order valence-corrected chi connectivity index (χ4v) is 2.40. The highest BCUT2D eigenvalue weighted by Crippen LogP contribution is 2.27. The second-order valence-corrected chi connectivity index (χ2v) is 4.43. The largest absolute Gasteiger partial charge is 0.481 e. The molecule has 3 heteroatoms. The molecule has 1 saturated heterocycles. The van der Waals surface area contributed by atoms with Crippen LogP contribution in [0.4, 0.5) is 5.69 Å². The highest BCUT2D eigenvalue weighted by molar-refractivity contribution is 5.69. The molecule has 1 fully saturated rings. The smallest absolute Gasteiger partial charge is 0.305 e. The van der Waals surface area contributed by atoms with Crippen LogP contribution in [0.2, 0.25) is 0 Å². The Hall–Kier alpha value is -1.51. The van der Waals surface area contributed by atoms with Crippen molar-refractivity contribution in [3.05, 3.63) is 29.8 Å². The molecule has 0 amide bonds. The van der Waals surface area contributed by atoms with Gasteiger partial charge in [-0.2, -0.15) is 0 Å². The lowest BCUT2D eigenvalue weighted by atomic mass is 10.1. The van der Waals surface area contributed by atoms with Crippen LogP contribution < -0.4 is 4.90 Å². The molecule has 3 nitrogen and oxygen atoms in total. The first-order valence-electron chi connectivity index (χ1n) is 5.72. The molecule has 1 unspecified atom stereocenters. The van der Waals surface area contributed by atoms with E-state index in [4.69, 9.17) is 5.11 Å². The van der Waals surface area contributed by atoms with Crippen molar-refractivity contribution < 1.29 is 9.90 Å². The van der Waals surface area contributed by atoms with E-state index < -0.39 is 5.97 Å². The number of rotatable bonds is 3. The van der Waals surface area contributed by atoms with Gasteiger partial charge < -0.3 is 10.0 Å². The summed E-state index contributed by atoms with van der Waals surface area (Å²) in [4.78, 5) is 13.0. The lowest BCUT2D eigenvalue weighted by Crippen LogP contribution is -2.31. The first-order valence-corrected chi connectivity index (χ1v) is 5.72. The van der Waals surface area contributed by atoms with Crippen LogP contribution in [0.3, 0.4) is 0 Å². The fraction of sp³-hybridized carbons (Fsp3) is 0.462. The first kappa shape index (κ1) is 11.0. The number of carboxylic acid groups (broad SMARTS) is 1. The third-order valence-electron chi connectivity index (χ3n) is 3.12. The van der Waals surface area contributed by atoms with E-state index in [2.05, 4.69) is 30.0 Å². The van der Waals surface area contributed by atoms with E-state index in [0.29, 0.717) is 0 Å². The summed E-state index contributed by atoms with van der Waals surface area (Å²) < 4.78 is 0. The molecule has 1 atom stereocenters. The van der Waals surface area contributed by atoms with Gasteiger partial charge in [0.1, 0.15) is 0 Å². The number of nitrogens with zero attached hydrogens (tertiary/aromatic N) is 1. The predicted molar refractivity (Wildman–Crippen MR) is 63.8 cm³/mol. The molecule has 86 valence electrons. The fourth-order valence-electron chi connectivity index (χ4n) is 2.40. The molecule has 0 spiro atoms. The highest BCUT2D eigenvalue weighted by atomic mass is 16.4. The van der Waals surface area contributed by atoms with Gasteiger partial charge >= 0.3 is 5.97 Å². The van der Waals surface area contributed by atoms with E-state index in [1.165, 1.54) is 5.56 Å². The molecule has 1 heterocycles. The molecule has 16 heavy (non-hydrogen) atoms. The van der Waals surface area contributed by atoms with Crippen molar-refractivity contribution in [1.29, 1.82) is 0 Å². The van der Waals surface area contributed by atoms with Gasteiger partial charge in [0, 0.05) is 18.3 Å². The molecule has 1 aliphatic heterocycles. The Bertz CT molecular complexity index is 389. The Morgan fingerprint density at radius 1 is 1.56 bits per heavy atom. The van der Waals surface area contributed by atoms with Gasteiger partial charge in [-0.05, 0) is 37.5 Å². The minimum Gasteiger partial charge on any atom is -0.481 e. The van der Waals surface area contributed by atoms with E-state index in [1.54, 1.807) is 0 Å². The summed E-state index contributed by atoms with van der Waals surface area (Å²) in [7, 11) is 0. The van der Waals surface area contributed by atoms with E-state index in [9.17, 15) is 4.79 Å². The Morgan fingerprint density at radius 3 is 3.06 bits per heavy atom. The van der Waals surface area contributed by atoms with Crippen LogP contribution in [0.1, 0.15) is 24.8 Å². The summed E-state index contributed by atoms with van der Waals surface area (Å²) in [5.41, 5.74) is 2.38. The van der Waals surface area contributed by atoms with E-state index in [0.717, 1.165) is 25.1 Å². The lowest BCUT2D eigenvalue weighted by Gasteiger charge is -2.26. The van der Waals surface area contributed by atoms with Crippen molar-refractivity contribution >= 4 is 11.7 Å². The zero-order chi connectivity index (χ0) is 11.5. The van der Waals surface area contributed by atoms with Crippen LogP contribution >= 0.6 is 0 Å². The van der Waals surface area contributed by atoms with Crippen LogP contribution in [-0.2, 0) is 4.79 Å². The number of benzene rings is 1. The second kappa shape index (κ2) is 4.56. The number of hydrogen-bond acceptors (Lipinski definition) is 2. The molecule has 0 aromatic heterocycles. The van der Waals surface area contributed by atoms with E-state index in [-0.39, 0.29) is 12.5 Å². The van der Waals surface area contributed by atoms with Gasteiger partial charge in [-0.3, -0.25) is 4.79 Å². The minimum absolute atomic E-state index is 0.166. The standard InChI is InChI=1S/C13H17NO2/c1-10-4-2-5-11(8-10)14-7-3-6-12(14)9-13(15)16/h2,4-5,8,12H,3,6-7,9H2,1H3,(H,15,16). The van der Waals surface area contributed by atoms with Crippen molar-refractivity contribution in [1.82, 2.24) is 0 Å². The van der Waals surface area contributed by atoms with Gasteiger partial charge in [-0.1, -0.05) is 12.1 Å². The summed E-state index contributed by atoms with van der Waals surface area (Å²) in [5.74, 6) is -0.704. The number of carboxylic acids is 1. The van der Waals surface area contributed by atoms with Crippen molar-refractivity contribution in [3.63, 3.8) is 0 Å². The molecular weight excluding hydrogens is 202 g/mol. The monoisotopic (exact) mass is 219 g/mol. The number of aliphatic carboxylic acids is 1. The van der Waals surface area contributed by atoms with Crippen molar-refractivity contribution in [2.24, 2.45) is 0 Å². The zero-order valence-electron chi connectivity index (χ0n) is 9.52. The normalized spacial score (nSPS) is 20.1. The SMILES string of the molecule is Cc1cccc(N2CCCC2CC(=O)O)c1. The Kier molecular flexibility index (Phi) is 3.13. The number of carbonyl (C=O) groups is 1. The number of anilines is 1. The van der Waals surface area contributed by atoms with Crippen LogP contribution in [-0.4, -0.2) is 23.7 Å². The molecule has 1 aromatic rings. The summed E-state index contributed by atoms with van der Waals surface area (Å²) in [6, 6.07) is 8.44. The van der Waals surface area contributed by atoms with Gasteiger partial charge in [-0.25, -0.2) is 0 Å². The lowest BCUT2D eigenvalue weighted by molar-refractivity contribution is -0.137. The number of aryl methyl sites for hydroxylation is 1. The molecule has 0 aliphatic carbocycles. The van der Waals surface area contributed by atoms with Crippen molar-refractivity contribution in [3.8, 4) is 0 Å². The maximum Gasteiger partial charge on any atom is 0.305 e.